The Hall–Kier alpha value is -0.930. The van der Waals surface area contributed by atoms with E-state index in [-0.39, 0.29) is 0 Å². The highest BCUT2D eigenvalue weighted by Crippen LogP contribution is 2.25. The van der Waals surface area contributed by atoms with E-state index in [0.717, 1.165) is 15.7 Å². The van der Waals surface area contributed by atoms with Crippen molar-refractivity contribution < 1.29 is 0 Å². The molecule has 0 radical (unpaired) electrons. The minimum absolute atomic E-state index is 0.565. The van der Waals surface area contributed by atoms with Crippen molar-refractivity contribution in [1.82, 2.24) is 9.97 Å². The molecule has 0 N–H and O–H groups in total. The maximum absolute atomic E-state index is 5.96. The van der Waals surface area contributed by atoms with Crippen LogP contribution < -0.4 is 0 Å². The summed E-state index contributed by atoms with van der Waals surface area (Å²) in [6.07, 6.45) is 3.08. The normalized spacial score (nSPS) is 10.1. The van der Waals surface area contributed by atoms with Crippen LogP contribution in [-0.4, -0.2) is 9.97 Å². The second-order valence-electron chi connectivity index (χ2n) is 2.73. The van der Waals surface area contributed by atoms with Crippen LogP contribution in [0.5, 0.6) is 0 Å². The number of aromatic nitrogens is 2. The first-order valence-electron chi connectivity index (χ1n) is 3.99. The number of benzene rings is 1. The lowest BCUT2D eigenvalue weighted by Crippen LogP contribution is -1.85. The van der Waals surface area contributed by atoms with Gasteiger partial charge in [0.15, 0.2) is 0 Å². The van der Waals surface area contributed by atoms with E-state index in [4.69, 9.17) is 11.6 Å². The van der Waals surface area contributed by atoms with Gasteiger partial charge in [0.25, 0.3) is 0 Å². The fourth-order valence-corrected chi connectivity index (χ4v) is 1.61. The van der Waals surface area contributed by atoms with Gasteiger partial charge in [-0.3, -0.25) is 0 Å². The molecule has 0 unspecified atom stereocenters. The minimum Gasteiger partial charge on any atom is -0.243 e. The van der Waals surface area contributed by atoms with Gasteiger partial charge in [0.1, 0.15) is 6.33 Å². The predicted octanol–water partition coefficient (Wildman–Crippen LogP) is 3.56. The van der Waals surface area contributed by atoms with Crippen molar-refractivity contribution in [2.24, 2.45) is 0 Å². The highest BCUT2D eigenvalue weighted by atomic mass is 79.9. The summed E-state index contributed by atoms with van der Waals surface area (Å²) in [7, 11) is 0. The molecule has 4 heteroatoms. The molecular formula is C10H6BrClN2. The van der Waals surface area contributed by atoms with Gasteiger partial charge >= 0.3 is 0 Å². The Balaban J connectivity index is 2.50. The number of hydrogen-bond acceptors (Lipinski definition) is 2. The molecule has 0 aliphatic rings. The Bertz CT molecular complexity index is 442. The summed E-state index contributed by atoms with van der Waals surface area (Å²) in [5, 5.41) is 0.565. The topological polar surface area (TPSA) is 25.8 Å². The predicted molar refractivity (Wildman–Crippen MR) is 60.2 cm³/mol. The van der Waals surface area contributed by atoms with Crippen molar-refractivity contribution in [2.75, 3.05) is 0 Å². The first kappa shape index (κ1) is 9.62. The molecule has 1 aromatic heterocycles. The summed E-state index contributed by atoms with van der Waals surface area (Å²) in [6, 6.07) is 7.82. The summed E-state index contributed by atoms with van der Waals surface area (Å²) in [4.78, 5) is 7.96. The van der Waals surface area contributed by atoms with E-state index in [1.807, 2.05) is 24.3 Å². The number of rotatable bonds is 1. The molecule has 0 bridgehead atoms. The third-order valence-corrected chi connectivity index (χ3v) is 2.59. The first-order valence-corrected chi connectivity index (χ1v) is 5.16. The van der Waals surface area contributed by atoms with Crippen LogP contribution in [0.3, 0.4) is 0 Å². The molecule has 1 heterocycles. The van der Waals surface area contributed by atoms with E-state index in [1.54, 1.807) is 6.20 Å². The van der Waals surface area contributed by atoms with Crippen molar-refractivity contribution in [3.63, 3.8) is 0 Å². The average molecular weight is 270 g/mol. The van der Waals surface area contributed by atoms with Crippen molar-refractivity contribution in [3.8, 4) is 11.3 Å². The first-order chi connectivity index (χ1) is 6.77. The molecule has 1 aromatic carbocycles. The Morgan fingerprint density at radius 1 is 1.14 bits per heavy atom. The highest BCUT2D eigenvalue weighted by Gasteiger charge is 2.03. The quantitative estimate of drug-likeness (QED) is 0.791. The molecule has 0 spiro atoms. The van der Waals surface area contributed by atoms with Crippen molar-refractivity contribution in [3.05, 3.63) is 46.3 Å². The highest BCUT2D eigenvalue weighted by molar-refractivity contribution is 9.10. The van der Waals surface area contributed by atoms with Gasteiger partial charge in [-0.05, 0) is 12.1 Å². The molecule has 2 aromatic rings. The van der Waals surface area contributed by atoms with Gasteiger partial charge in [-0.1, -0.05) is 39.7 Å². The van der Waals surface area contributed by atoms with Crippen LogP contribution in [0.2, 0.25) is 5.02 Å². The van der Waals surface area contributed by atoms with E-state index in [2.05, 4.69) is 25.9 Å². The fourth-order valence-electron chi connectivity index (χ4n) is 1.13. The molecule has 0 aliphatic carbocycles. The lowest BCUT2D eigenvalue weighted by atomic mass is 10.1. The van der Waals surface area contributed by atoms with Crippen LogP contribution in [0.1, 0.15) is 0 Å². The third kappa shape index (κ3) is 1.94. The fraction of sp³-hybridized carbons (Fsp3) is 0. The van der Waals surface area contributed by atoms with E-state index in [0.29, 0.717) is 5.02 Å². The Labute approximate surface area is 95.1 Å². The lowest BCUT2D eigenvalue weighted by molar-refractivity contribution is 1.17. The van der Waals surface area contributed by atoms with Crippen molar-refractivity contribution in [2.45, 2.75) is 0 Å². The van der Waals surface area contributed by atoms with Crippen LogP contribution in [-0.2, 0) is 0 Å². The molecule has 2 nitrogen and oxygen atoms in total. The summed E-state index contributed by atoms with van der Waals surface area (Å²) >= 11 is 9.33. The third-order valence-electron chi connectivity index (χ3n) is 1.79. The van der Waals surface area contributed by atoms with Crippen LogP contribution in [0.15, 0.2) is 41.3 Å². The zero-order chi connectivity index (χ0) is 9.97. The molecule has 70 valence electrons. The van der Waals surface area contributed by atoms with Gasteiger partial charge in [0.2, 0.25) is 0 Å². The largest absolute Gasteiger partial charge is 0.243 e. The zero-order valence-electron chi connectivity index (χ0n) is 7.11. The smallest absolute Gasteiger partial charge is 0.116 e. The van der Waals surface area contributed by atoms with Gasteiger partial charge in [-0.15, -0.1) is 0 Å². The van der Waals surface area contributed by atoms with Crippen LogP contribution in [0.25, 0.3) is 11.3 Å². The maximum atomic E-state index is 5.96. The Morgan fingerprint density at radius 2 is 1.86 bits per heavy atom. The molecule has 0 atom stereocenters. The summed E-state index contributed by atoms with van der Waals surface area (Å²) in [6.45, 7) is 0. The second-order valence-corrected chi connectivity index (χ2v) is 4.05. The van der Waals surface area contributed by atoms with Gasteiger partial charge in [-0.2, -0.15) is 0 Å². The van der Waals surface area contributed by atoms with Gasteiger partial charge in [0, 0.05) is 16.2 Å². The summed E-state index contributed by atoms with van der Waals surface area (Å²) < 4.78 is 1.03. The SMILES string of the molecule is Clc1cncnc1-c1ccc(Br)cc1. The maximum Gasteiger partial charge on any atom is 0.116 e. The van der Waals surface area contributed by atoms with E-state index in [1.165, 1.54) is 6.33 Å². The molecule has 0 fully saturated rings. The van der Waals surface area contributed by atoms with Gasteiger partial charge in [0.05, 0.1) is 10.7 Å². The number of nitrogens with zero attached hydrogens (tertiary/aromatic N) is 2. The number of hydrogen-bond donors (Lipinski definition) is 0. The second kappa shape index (κ2) is 4.07. The summed E-state index contributed by atoms with van der Waals surface area (Å²) in [5.41, 5.74) is 1.75. The Kier molecular flexibility index (Phi) is 2.79. The van der Waals surface area contributed by atoms with E-state index in [9.17, 15) is 0 Å². The number of halogens is 2. The van der Waals surface area contributed by atoms with Crippen LogP contribution in [0, 0.1) is 0 Å². The standard InChI is InChI=1S/C10H6BrClN2/c11-8-3-1-7(2-4-8)10-9(12)5-13-6-14-10/h1-6H. The molecule has 2 rings (SSSR count). The monoisotopic (exact) mass is 268 g/mol. The van der Waals surface area contributed by atoms with Crippen LogP contribution in [0.4, 0.5) is 0 Å². The average Bonchev–Trinajstić information content (AvgIpc) is 2.20. The van der Waals surface area contributed by atoms with Crippen molar-refractivity contribution >= 4 is 27.5 Å². The molecular weight excluding hydrogens is 263 g/mol. The molecule has 14 heavy (non-hydrogen) atoms. The van der Waals surface area contributed by atoms with E-state index < -0.39 is 0 Å². The van der Waals surface area contributed by atoms with E-state index >= 15 is 0 Å². The molecule has 0 aliphatic heterocycles. The van der Waals surface area contributed by atoms with Gasteiger partial charge < -0.3 is 0 Å². The Morgan fingerprint density at radius 3 is 2.50 bits per heavy atom. The molecule has 0 amide bonds. The zero-order valence-corrected chi connectivity index (χ0v) is 9.46. The van der Waals surface area contributed by atoms with Crippen molar-refractivity contribution in [1.29, 1.82) is 0 Å². The minimum atomic E-state index is 0.565. The molecule has 0 saturated heterocycles. The summed E-state index contributed by atoms with van der Waals surface area (Å²) in [5.74, 6) is 0. The van der Waals surface area contributed by atoms with Gasteiger partial charge in [-0.25, -0.2) is 9.97 Å². The van der Waals surface area contributed by atoms with Crippen LogP contribution >= 0.6 is 27.5 Å². The lowest BCUT2D eigenvalue weighted by Gasteiger charge is -2.01. The molecule has 0 saturated carbocycles.